The first kappa shape index (κ1) is 12.2. The van der Waals surface area contributed by atoms with Crippen molar-refractivity contribution in [2.75, 3.05) is 26.1 Å². The van der Waals surface area contributed by atoms with Crippen LogP contribution in [0.1, 0.15) is 26.2 Å². The fourth-order valence-corrected chi connectivity index (χ4v) is 3.07. The standard InChI is InChI=1S/C10H19BF3N2/c1-2-15-6-5-9-3-4-10(7-15)16(9)8-11(12,13)14/h9-10H,2-8H2,1H3/q-1. The molecule has 2 fully saturated rings. The molecule has 2 atom stereocenters. The minimum absolute atomic E-state index is 0.135. The first-order chi connectivity index (χ1) is 7.49. The Bertz CT molecular complexity index is 247. The van der Waals surface area contributed by atoms with Crippen LogP contribution >= 0.6 is 0 Å². The molecule has 2 aliphatic heterocycles. The fraction of sp³-hybridized carbons (Fsp3) is 1.00. The number of hydrogen-bond acceptors (Lipinski definition) is 2. The smallest absolute Gasteiger partial charge is 0.448 e. The molecule has 2 rings (SSSR count). The number of likely N-dealkylation sites (N-methyl/N-ethyl adjacent to an activating group) is 1. The predicted octanol–water partition coefficient (Wildman–Crippen LogP) is 1.93. The van der Waals surface area contributed by atoms with Gasteiger partial charge >= 0.3 is 6.98 Å². The minimum Gasteiger partial charge on any atom is -0.448 e. The lowest BCUT2D eigenvalue weighted by atomic mass is 9.90. The number of nitrogens with zero attached hydrogens (tertiary/aromatic N) is 2. The zero-order valence-corrected chi connectivity index (χ0v) is 9.71. The van der Waals surface area contributed by atoms with Crippen LogP contribution in [0.15, 0.2) is 0 Å². The molecule has 2 saturated heterocycles. The molecule has 0 saturated carbocycles. The number of fused-ring (bicyclic) bond motifs is 2. The summed E-state index contributed by atoms with van der Waals surface area (Å²) in [7, 11) is 0. The van der Waals surface area contributed by atoms with E-state index in [0.717, 1.165) is 38.9 Å². The van der Waals surface area contributed by atoms with Crippen LogP contribution < -0.4 is 0 Å². The van der Waals surface area contributed by atoms with Gasteiger partial charge in [0.2, 0.25) is 0 Å². The van der Waals surface area contributed by atoms with Crippen molar-refractivity contribution in [1.29, 1.82) is 0 Å². The molecule has 94 valence electrons. The summed E-state index contributed by atoms with van der Waals surface area (Å²) in [5, 5.41) is 0. The summed E-state index contributed by atoms with van der Waals surface area (Å²) in [5.41, 5.74) is 0. The average molecular weight is 235 g/mol. The van der Waals surface area contributed by atoms with Gasteiger partial charge in [-0.25, -0.2) is 0 Å². The highest BCUT2D eigenvalue weighted by atomic mass is 19.4. The second kappa shape index (κ2) is 4.57. The molecule has 0 aromatic rings. The number of hydrogen-bond donors (Lipinski definition) is 0. The van der Waals surface area contributed by atoms with Gasteiger partial charge in [-0.2, -0.15) is 0 Å². The summed E-state index contributed by atoms with van der Waals surface area (Å²) in [6.45, 7) is 0.134. The van der Waals surface area contributed by atoms with E-state index in [2.05, 4.69) is 11.8 Å². The molecule has 0 aromatic carbocycles. The summed E-state index contributed by atoms with van der Waals surface area (Å²) in [6.07, 6.45) is 2.13. The molecule has 2 aliphatic rings. The van der Waals surface area contributed by atoms with Crippen LogP contribution in [-0.4, -0.2) is 54.9 Å². The molecule has 0 N–H and O–H groups in total. The summed E-state index contributed by atoms with van der Waals surface area (Å²) in [5.74, 6) is 0. The van der Waals surface area contributed by atoms with Gasteiger partial charge in [-0.3, -0.25) is 0 Å². The molecule has 0 amide bonds. The maximum atomic E-state index is 12.5. The Morgan fingerprint density at radius 1 is 1.12 bits per heavy atom. The molecular formula is C10H19BF3N2-. The van der Waals surface area contributed by atoms with Crippen molar-refractivity contribution in [3.63, 3.8) is 0 Å². The Labute approximate surface area is 94.8 Å². The predicted molar refractivity (Wildman–Crippen MR) is 59.3 cm³/mol. The van der Waals surface area contributed by atoms with Crippen molar-refractivity contribution in [3.8, 4) is 0 Å². The third-order valence-electron chi connectivity index (χ3n) is 3.88. The molecule has 0 aromatic heterocycles. The normalized spacial score (nSPS) is 33.0. The second-order valence-corrected chi connectivity index (χ2v) is 4.97. The number of rotatable bonds is 3. The van der Waals surface area contributed by atoms with Crippen LogP contribution in [0, 0.1) is 0 Å². The summed E-state index contributed by atoms with van der Waals surface area (Å²) >= 11 is 0. The first-order valence-electron chi connectivity index (χ1n) is 6.18. The van der Waals surface area contributed by atoms with Gasteiger partial charge in [-0.1, -0.05) is 6.92 Å². The SMILES string of the molecule is CCN1CCC2CCC(C1)N2C[B-](F)(F)F. The van der Waals surface area contributed by atoms with E-state index < -0.39 is 13.4 Å². The summed E-state index contributed by atoms with van der Waals surface area (Å²) < 4.78 is 37.6. The third-order valence-corrected chi connectivity index (χ3v) is 3.88. The van der Waals surface area contributed by atoms with Gasteiger partial charge in [0.05, 0.1) is 0 Å². The van der Waals surface area contributed by atoms with Gasteiger partial charge in [0, 0.05) is 18.6 Å². The van der Waals surface area contributed by atoms with Crippen molar-refractivity contribution in [2.24, 2.45) is 0 Å². The highest BCUT2D eigenvalue weighted by molar-refractivity contribution is 6.58. The molecule has 6 heteroatoms. The monoisotopic (exact) mass is 235 g/mol. The van der Waals surface area contributed by atoms with Crippen molar-refractivity contribution in [1.82, 2.24) is 9.80 Å². The van der Waals surface area contributed by atoms with Crippen LogP contribution in [-0.2, 0) is 0 Å². The van der Waals surface area contributed by atoms with Crippen LogP contribution in [0.25, 0.3) is 0 Å². The van der Waals surface area contributed by atoms with Crippen LogP contribution in [0.4, 0.5) is 12.9 Å². The minimum atomic E-state index is -4.68. The number of halogens is 3. The van der Waals surface area contributed by atoms with Gasteiger partial charge in [-0.05, 0) is 38.8 Å². The lowest BCUT2D eigenvalue weighted by Gasteiger charge is -2.32. The molecule has 2 nitrogen and oxygen atoms in total. The molecule has 0 aliphatic carbocycles. The maximum absolute atomic E-state index is 12.5. The van der Waals surface area contributed by atoms with E-state index in [9.17, 15) is 12.9 Å². The van der Waals surface area contributed by atoms with E-state index in [1.165, 1.54) is 0 Å². The molecular weight excluding hydrogens is 216 g/mol. The Morgan fingerprint density at radius 2 is 1.81 bits per heavy atom. The fourth-order valence-electron chi connectivity index (χ4n) is 3.07. The lowest BCUT2D eigenvalue weighted by molar-refractivity contribution is 0.196. The molecule has 2 bridgehead atoms. The van der Waals surface area contributed by atoms with E-state index in [-0.39, 0.29) is 12.1 Å². The van der Waals surface area contributed by atoms with Crippen LogP contribution in [0.2, 0.25) is 0 Å². The van der Waals surface area contributed by atoms with E-state index in [1.54, 1.807) is 4.90 Å². The zero-order valence-electron chi connectivity index (χ0n) is 9.71. The average Bonchev–Trinajstić information content (AvgIpc) is 2.40. The molecule has 16 heavy (non-hydrogen) atoms. The van der Waals surface area contributed by atoms with E-state index >= 15 is 0 Å². The Balaban J connectivity index is 2.03. The van der Waals surface area contributed by atoms with Crippen molar-refractivity contribution < 1.29 is 12.9 Å². The highest BCUT2D eigenvalue weighted by Crippen LogP contribution is 2.31. The third kappa shape index (κ3) is 2.72. The van der Waals surface area contributed by atoms with Gasteiger partial charge in [0.15, 0.2) is 0 Å². The second-order valence-electron chi connectivity index (χ2n) is 4.97. The highest BCUT2D eigenvalue weighted by Gasteiger charge is 2.40. The van der Waals surface area contributed by atoms with Crippen LogP contribution in [0.5, 0.6) is 0 Å². The van der Waals surface area contributed by atoms with E-state index in [4.69, 9.17) is 0 Å². The quantitative estimate of drug-likeness (QED) is 0.689. The molecule has 0 radical (unpaired) electrons. The Hall–Kier alpha value is -0.225. The van der Waals surface area contributed by atoms with Crippen molar-refractivity contribution in [2.45, 2.75) is 38.3 Å². The maximum Gasteiger partial charge on any atom is 0.492 e. The van der Waals surface area contributed by atoms with Gasteiger partial charge in [0.25, 0.3) is 0 Å². The first-order valence-corrected chi connectivity index (χ1v) is 6.18. The van der Waals surface area contributed by atoms with Crippen molar-refractivity contribution in [3.05, 3.63) is 0 Å². The van der Waals surface area contributed by atoms with Crippen molar-refractivity contribution >= 4 is 6.98 Å². The van der Waals surface area contributed by atoms with E-state index in [1.807, 2.05) is 0 Å². The zero-order chi connectivity index (χ0) is 11.8. The van der Waals surface area contributed by atoms with Gasteiger partial charge in [0.1, 0.15) is 0 Å². The summed E-state index contributed by atoms with van der Waals surface area (Å²) in [6, 6.07) is 0.306. The number of likely N-dealkylation sites (tertiary alicyclic amines) is 1. The molecule has 2 unspecified atom stereocenters. The largest absolute Gasteiger partial charge is 0.492 e. The van der Waals surface area contributed by atoms with Crippen LogP contribution in [0.3, 0.4) is 0 Å². The lowest BCUT2D eigenvalue weighted by Crippen LogP contribution is -2.46. The molecule has 0 spiro atoms. The summed E-state index contributed by atoms with van der Waals surface area (Å²) in [4.78, 5) is 4.00. The van der Waals surface area contributed by atoms with Gasteiger partial charge in [-0.15, -0.1) is 0 Å². The topological polar surface area (TPSA) is 6.48 Å². The molecule has 2 heterocycles. The Morgan fingerprint density at radius 3 is 2.44 bits per heavy atom. The van der Waals surface area contributed by atoms with E-state index in [0.29, 0.717) is 0 Å². The Kier molecular flexibility index (Phi) is 3.49. The van der Waals surface area contributed by atoms with Gasteiger partial charge < -0.3 is 22.7 Å².